The van der Waals surface area contributed by atoms with Crippen molar-refractivity contribution < 1.29 is 18.4 Å². The van der Waals surface area contributed by atoms with Gasteiger partial charge in [0.1, 0.15) is 11.4 Å². The van der Waals surface area contributed by atoms with Crippen molar-refractivity contribution in [2.24, 2.45) is 10.9 Å². The van der Waals surface area contributed by atoms with Crippen molar-refractivity contribution in [1.29, 1.82) is 0 Å². The number of rotatable bonds is 6. The molecule has 0 heterocycles. The molecular weight excluding hydrogens is 296 g/mol. The molecule has 1 aromatic rings. The van der Waals surface area contributed by atoms with Gasteiger partial charge in [-0.2, -0.15) is 12.7 Å². The van der Waals surface area contributed by atoms with Crippen LogP contribution >= 0.6 is 0 Å². The Balaban J connectivity index is 3.36. The van der Waals surface area contributed by atoms with E-state index in [2.05, 4.69) is 9.88 Å². The van der Waals surface area contributed by atoms with Crippen LogP contribution < -0.4 is 15.2 Å². The maximum Gasteiger partial charge on any atom is 0.301 e. The summed E-state index contributed by atoms with van der Waals surface area (Å²) in [5.41, 5.74) is 5.90. The van der Waals surface area contributed by atoms with Gasteiger partial charge in [0.25, 0.3) is 0 Å². The van der Waals surface area contributed by atoms with Gasteiger partial charge in [-0.05, 0) is 26.0 Å². The quantitative estimate of drug-likeness (QED) is 0.310. The fraction of sp³-hybridized carbons (Fsp3) is 0.417. The number of benzene rings is 1. The molecule has 0 atom stereocenters. The first-order valence-corrected chi connectivity index (χ1v) is 7.59. The monoisotopic (exact) mass is 316 g/mol. The lowest BCUT2D eigenvalue weighted by atomic mass is 10.1. The molecule has 21 heavy (non-hydrogen) atoms. The number of anilines is 1. The van der Waals surface area contributed by atoms with E-state index in [9.17, 15) is 8.42 Å². The maximum absolute atomic E-state index is 12.3. The third-order valence-corrected chi connectivity index (χ3v) is 4.61. The number of nitrogens with one attached hydrogen (secondary N) is 1. The van der Waals surface area contributed by atoms with Crippen molar-refractivity contribution in [1.82, 2.24) is 4.31 Å². The third kappa shape index (κ3) is 3.76. The lowest BCUT2D eigenvalue weighted by Gasteiger charge is -2.23. The summed E-state index contributed by atoms with van der Waals surface area (Å²) in [7, 11) is -0.950. The molecule has 8 nitrogen and oxygen atoms in total. The predicted octanol–water partition coefficient (Wildman–Crippen LogP) is 0.787. The number of hydrogen-bond acceptors (Lipinski definition) is 5. The largest absolute Gasteiger partial charge is 0.495 e. The van der Waals surface area contributed by atoms with Gasteiger partial charge in [0, 0.05) is 18.7 Å². The predicted molar refractivity (Wildman–Crippen MR) is 80.9 cm³/mol. The van der Waals surface area contributed by atoms with Crippen molar-refractivity contribution in [2.75, 3.05) is 18.9 Å². The highest BCUT2D eigenvalue weighted by atomic mass is 32.2. The van der Waals surface area contributed by atoms with Crippen LogP contribution in [0.15, 0.2) is 23.4 Å². The van der Waals surface area contributed by atoms with Crippen molar-refractivity contribution in [3.8, 4) is 5.75 Å². The number of nitrogens with two attached hydrogens (primary N) is 1. The molecule has 118 valence electrons. The molecule has 0 amide bonds. The number of ether oxygens (including phenoxy) is 1. The third-order valence-electron chi connectivity index (χ3n) is 2.97. The smallest absolute Gasteiger partial charge is 0.301 e. The summed E-state index contributed by atoms with van der Waals surface area (Å²) in [4.78, 5) is 0. The maximum atomic E-state index is 12.3. The van der Waals surface area contributed by atoms with Gasteiger partial charge >= 0.3 is 10.2 Å². The highest BCUT2D eigenvalue weighted by Gasteiger charge is 2.24. The highest BCUT2D eigenvalue weighted by molar-refractivity contribution is 7.90. The molecular formula is C12H20N4O4S. The van der Waals surface area contributed by atoms with Crippen LogP contribution in [-0.4, -0.2) is 44.0 Å². The van der Waals surface area contributed by atoms with Gasteiger partial charge in [0.15, 0.2) is 5.84 Å². The Labute approximate surface area is 124 Å². The molecule has 0 unspecified atom stereocenters. The second-order valence-electron chi connectivity index (χ2n) is 4.59. The van der Waals surface area contributed by atoms with E-state index in [0.717, 1.165) is 4.31 Å². The summed E-state index contributed by atoms with van der Waals surface area (Å²) in [5.74, 6) is 0.0404. The normalized spacial score (nSPS) is 12.8. The molecule has 1 rings (SSSR count). The first-order valence-electron chi connectivity index (χ1n) is 6.15. The van der Waals surface area contributed by atoms with E-state index in [0.29, 0.717) is 0 Å². The van der Waals surface area contributed by atoms with E-state index in [-0.39, 0.29) is 28.9 Å². The lowest BCUT2D eigenvalue weighted by molar-refractivity contribution is 0.318. The van der Waals surface area contributed by atoms with Gasteiger partial charge in [0.05, 0.1) is 7.11 Å². The number of hydrogen-bond donors (Lipinski definition) is 3. The van der Waals surface area contributed by atoms with Gasteiger partial charge in [-0.25, -0.2) is 0 Å². The number of methoxy groups -OCH3 is 1. The van der Waals surface area contributed by atoms with Gasteiger partial charge < -0.3 is 15.7 Å². The zero-order valence-electron chi connectivity index (χ0n) is 12.4. The van der Waals surface area contributed by atoms with Gasteiger partial charge in [0.2, 0.25) is 0 Å². The Morgan fingerprint density at radius 2 is 2.10 bits per heavy atom. The van der Waals surface area contributed by atoms with Gasteiger partial charge in [-0.15, -0.1) is 0 Å². The standard InChI is InChI=1S/C12H20N4O4S/c1-8(2)16(3)21(18,19)15-11-9(12(13)14-17)6-5-7-10(11)20-4/h5-8,15,17H,1-4H3,(H2,13,14). The topological polar surface area (TPSA) is 117 Å². The van der Waals surface area contributed by atoms with Gasteiger partial charge in [-0.1, -0.05) is 11.2 Å². The van der Waals surface area contributed by atoms with E-state index in [1.807, 2.05) is 0 Å². The van der Waals surface area contributed by atoms with Crippen LogP contribution in [0.5, 0.6) is 5.75 Å². The molecule has 4 N–H and O–H groups in total. The first-order chi connectivity index (χ1) is 9.74. The molecule has 0 bridgehead atoms. The summed E-state index contributed by atoms with van der Waals surface area (Å²) in [5, 5.41) is 11.7. The number of para-hydroxylation sites is 1. The van der Waals surface area contributed by atoms with Crippen LogP contribution in [0.25, 0.3) is 0 Å². The SMILES string of the molecule is COc1cccc(/C(N)=N/O)c1NS(=O)(=O)N(C)C(C)C. The minimum absolute atomic E-state index is 0.114. The van der Waals surface area contributed by atoms with Crippen LogP contribution in [0, 0.1) is 0 Å². The minimum Gasteiger partial charge on any atom is -0.495 e. The zero-order valence-corrected chi connectivity index (χ0v) is 13.2. The average Bonchev–Trinajstić information content (AvgIpc) is 2.45. The highest BCUT2D eigenvalue weighted by Crippen LogP contribution is 2.29. The second-order valence-corrected chi connectivity index (χ2v) is 6.32. The summed E-state index contributed by atoms with van der Waals surface area (Å²) in [6, 6.07) is 4.46. The Bertz CT molecular complexity index is 628. The van der Waals surface area contributed by atoms with E-state index < -0.39 is 10.2 Å². The number of nitrogens with zero attached hydrogens (tertiary/aromatic N) is 2. The van der Waals surface area contributed by atoms with Crippen LogP contribution in [-0.2, 0) is 10.2 Å². The summed E-state index contributed by atoms with van der Waals surface area (Å²) in [6.45, 7) is 3.48. The molecule has 0 fully saturated rings. The Morgan fingerprint density at radius 3 is 2.57 bits per heavy atom. The molecule has 0 aliphatic carbocycles. The van der Waals surface area contributed by atoms with Gasteiger partial charge in [-0.3, -0.25) is 4.72 Å². The van der Waals surface area contributed by atoms with Crippen molar-refractivity contribution >= 4 is 21.7 Å². The number of oxime groups is 1. The fourth-order valence-corrected chi connectivity index (χ4v) is 2.72. The summed E-state index contributed by atoms with van der Waals surface area (Å²) < 4.78 is 33.3. The zero-order chi connectivity index (χ0) is 16.2. The van der Waals surface area contributed by atoms with Crippen molar-refractivity contribution in [3.63, 3.8) is 0 Å². The van der Waals surface area contributed by atoms with Crippen LogP contribution in [0.3, 0.4) is 0 Å². The molecule has 0 radical (unpaired) electrons. The summed E-state index contributed by atoms with van der Waals surface area (Å²) >= 11 is 0. The van der Waals surface area contributed by atoms with E-state index >= 15 is 0 Å². The van der Waals surface area contributed by atoms with Crippen molar-refractivity contribution in [2.45, 2.75) is 19.9 Å². The Hall–Kier alpha value is -2.00. The lowest BCUT2D eigenvalue weighted by Crippen LogP contribution is -2.38. The van der Waals surface area contributed by atoms with Crippen LogP contribution in [0.4, 0.5) is 5.69 Å². The Kier molecular flexibility index (Phi) is 5.39. The number of amidine groups is 1. The molecule has 0 saturated carbocycles. The average molecular weight is 316 g/mol. The Morgan fingerprint density at radius 1 is 1.48 bits per heavy atom. The van der Waals surface area contributed by atoms with E-state index in [1.54, 1.807) is 26.0 Å². The molecule has 0 aromatic heterocycles. The molecule has 9 heteroatoms. The summed E-state index contributed by atoms with van der Waals surface area (Å²) in [6.07, 6.45) is 0. The molecule has 0 spiro atoms. The molecule has 1 aromatic carbocycles. The second kappa shape index (κ2) is 6.64. The van der Waals surface area contributed by atoms with Crippen LogP contribution in [0.2, 0.25) is 0 Å². The van der Waals surface area contributed by atoms with E-state index in [1.165, 1.54) is 20.2 Å². The molecule has 0 aliphatic rings. The molecule has 0 saturated heterocycles. The molecule has 0 aliphatic heterocycles. The first kappa shape index (κ1) is 17.1. The van der Waals surface area contributed by atoms with E-state index in [4.69, 9.17) is 15.7 Å². The fourth-order valence-electron chi connectivity index (χ4n) is 1.55. The minimum atomic E-state index is -3.80. The van der Waals surface area contributed by atoms with Crippen molar-refractivity contribution in [3.05, 3.63) is 23.8 Å². The van der Waals surface area contributed by atoms with Crippen LogP contribution in [0.1, 0.15) is 19.4 Å².